The number of aromatic nitrogens is 3. The molecule has 0 unspecified atom stereocenters. The van der Waals surface area contributed by atoms with E-state index < -0.39 is 0 Å². The Morgan fingerprint density at radius 1 is 1.43 bits per heavy atom. The van der Waals surface area contributed by atoms with Crippen molar-refractivity contribution in [2.75, 3.05) is 20.2 Å². The summed E-state index contributed by atoms with van der Waals surface area (Å²) in [4.78, 5) is 18.6. The van der Waals surface area contributed by atoms with Crippen molar-refractivity contribution in [1.29, 1.82) is 0 Å². The van der Waals surface area contributed by atoms with Crippen molar-refractivity contribution in [1.82, 2.24) is 19.7 Å². The summed E-state index contributed by atoms with van der Waals surface area (Å²) >= 11 is 0. The quantitative estimate of drug-likeness (QED) is 0.799. The Morgan fingerprint density at radius 2 is 2.29 bits per heavy atom. The summed E-state index contributed by atoms with van der Waals surface area (Å²) < 4.78 is 6.90. The average molecular weight is 286 g/mol. The van der Waals surface area contributed by atoms with Gasteiger partial charge in [0.25, 0.3) is 0 Å². The van der Waals surface area contributed by atoms with Crippen molar-refractivity contribution in [3.05, 3.63) is 41.3 Å². The predicted octanol–water partition coefficient (Wildman–Crippen LogP) is 1.43. The maximum absolute atomic E-state index is 12.1. The second kappa shape index (κ2) is 5.65. The van der Waals surface area contributed by atoms with E-state index in [-0.39, 0.29) is 5.97 Å². The van der Waals surface area contributed by atoms with Crippen LogP contribution in [0, 0.1) is 0 Å². The Kier molecular flexibility index (Phi) is 3.70. The van der Waals surface area contributed by atoms with E-state index in [1.165, 1.54) is 0 Å². The van der Waals surface area contributed by atoms with Crippen LogP contribution < -0.4 is 0 Å². The number of carbonyl (C=O) groups is 1. The lowest BCUT2D eigenvalue weighted by Gasteiger charge is -2.23. The van der Waals surface area contributed by atoms with E-state index in [2.05, 4.69) is 15.0 Å². The molecule has 6 nitrogen and oxygen atoms in total. The molecule has 2 aromatic heterocycles. The van der Waals surface area contributed by atoms with Crippen LogP contribution in [0.25, 0.3) is 5.82 Å². The molecule has 0 aliphatic carbocycles. The fourth-order valence-electron chi connectivity index (χ4n) is 2.59. The second-order valence-electron chi connectivity index (χ2n) is 5.08. The summed E-state index contributed by atoms with van der Waals surface area (Å²) in [5.41, 5.74) is 2.41. The number of carbonyl (C=O) groups excluding carboxylic acids is 1. The smallest absolute Gasteiger partial charge is 0.359 e. The maximum atomic E-state index is 12.1. The van der Waals surface area contributed by atoms with Crippen molar-refractivity contribution >= 4 is 5.97 Å². The van der Waals surface area contributed by atoms with Crippen LogP contribution in [0.2, 0.25) is 0 Å². The molecule has 0 amide bonds. The second-order valence-corrected chi connectivity index (χ2v) is 5.08. The molecule has 0 N–H and O–H groups in total. The summed E-state index contributed by atoms with van der Waals surface area (Å²) in [6.07, 6.45) is 2.57. The third kappa shape index (κ3) is 2.54. The number of hydrogen-bond donors (Lipinski definition) is 0. The first kappa shape index (κ1) is 13.8. The van der Waals surface area contributed by atoms with Gasteiger partial charge < -0.3 is 9.64 Å². The summed E-state index contributed by atoms with van der Waals surface area (Å²) in [5.74, 6) is 0.368. The van der Waals surface area contributed by atoms with Gasteiger partial charge in [0, 0.05) is 31.3 Å². The number of fused-ring (bicyclic) bond motifs is 1. The molecular formula is C15H18N4O2. The Balaban J connectivity index is 2.10. The van der Waals surface area contributed by atoms with Gasteiger partial charge in [0.15, 0.2) is 11.5 Å². The highest BCUT2D eigenvalue weighted by Gasteiger charge is 2.28. The van der Waals surface area contributed by atoms with Gasteiger partial charge in [-0.05, 0) is 26.1 Å². The Hall–Kier alpha value is -2.21. The summed E-state index contributed by atoms with van der Waals surface area (Å²) in [5, 5.41) is 4.47. The van der Waals surface area contributed by atoms with Crippen molar-refractivity contribution in [2.24, 2.45) is 0 Å². The van der Waals surface area contributed by atoms with Gasteiger partial charge in [-0.15, -0.1) is 0 Å². The number of hydrogen-bond acceptors (Lipinski definition) is 5. The number of rotatable bonds is 3. The predicted molar refractivity (Wildman–Crippen MR) is 77.4 cm³/mol. The van der Waals surface area contributed by atoms with Crippen LogP contribution in [0.15, 0.2) is 24.4 Å². The molecule has 0 saturated heterocycles. The van der Waals surface area contributed by atoms with Gasteiger partial charge in [-0.3, -0.25) is 0 Å². The zero-order chi connectivity index (χ0) is 14.8. The van der Waals surface area contributed by atoms with Crippen LogP contribution in [-0.2, 0) is 17.7 Å². The Morgan fingerprint density at radius 3 is 3.00 bits per heavy atom. The minimum Gasteiger partial charge on any atom is -0.461 e. The monoisotopic (exact) mass is 286 g/mol. The third-order valence-corrected chi connectivity index (χ3v) is 3.58. The van der Waals surface area contributed by atoms with Gasteiger partial charge >= 0.3 is 5.97 Å². The molecule has 0 spiro atoms. The van der Waals surface area contributed by atoms with Crippen LogP contribution >= 0.6 is 0 Å². The van der Waals surface area contributed by atoms with Gasteiger partial charge in [-0.25, -0.2) is 14.5 Å². The summed E-state index contributed by atoms with van der Waals surface area (Å²) in [7, 11) is 2.04. The molecular weight excluding hydrogens is 268 g/mol. The Bertz CT molecular complexity index is 651. The van der Waals surface area contributed by atoms with E-state index in [0.717, 1.165) is 30.0 Å². The van der Waals surface area contributed by atoms with Crippen molar-refractivity contribution in [2.45, 2.75) is 19.9 Å². The van der Waals surface area contributed by atoms with Gasteiger partial charge in [-0.2, -0.15) is 5.10 Å². The molecule has 21 heavy (non-hydrogen) atoms. The van der Waals surface area contributed by atoms with Crippen LogP contribution in [0.3, 0.4) is 0 Å². The van der Waals surface area contributed by atoms with Crippen LogP contribution in [0.5, 0.6) is 0 Å². The number of esters is 1. The van der Waals surface area contributed by atoms with Crippen LogP contribution in [0.1, 0.15) is 28.7 Å². The van der Waals surface area contributed by atoms with Gasteiger partial charge in [0.05, 0.1) is 12.3 Å². The first-order valence-electron chi connectivity index (χ1n) is 7.08. The molecule has 6 heteroatoms. The first-order chi connectivity index (χ1) is 10.2. The fourth-order valence-corrected chi connectivity index (χ4v) is 2.59. The minimum absolute atomic E-state index is 0.347. The van der Waals surface area contributed by atoms with E-state index in [0.29, 0.717) is 18.8 Å². The molecule has 0 fully saturated rings. The molecule has 0 saturated carbocycles. The van der Waals surface area contributed by atoms with E-state index in [1.807, 2.05) is 25.2 Å². The Labute approximate surface area is 123 Å². The summed E-state index contributed by atoms with van der Waals surface area (Å²) in [6.45, 7) is 3.79. The van der Waals surface area contributed by atoms with E-state index in [4.69, 9.17) is 4.74 Å². The van der Waals surface area contributed by atoms with Gasteiger partial charge in [0.1, 0.15) is 0 Å². The lowest BCUT2D eigenvalue weighted by molar-refractivity contribution is 0.0516. The van der Waals surface area contributed by atoms with Crippen molar-refractivity contribution in [3.8, 4) is 5.82 Å². The van der Waals surface area contributed by atoms with Crippen LogP contribution in [-0.4, -0.2) is 45.8 Å². The first-order valence-corrected chi connectivity index (χ1v) is 7.08. The van der Waals surface area contributed by atoms with Crippen molar-refractivity contribution < 1.29 is 9.53 Å². The number of pyridine rings is 1. The van der Waals surface area contributed by atoms with Gasteiger partial charge in [0.2, 0.25) is 0 Å². The topological polar surface area (TPSA) is 60.2 Å². The average Bonchev–Trinajstić information content (AvgIpc) is 2.87. The van der Waals surface area contributed by atoms with E-state index >= 15 is 0 Å². The molecule has 0 atom stereocenters. The van der Waals surface area contributed by atoms with Crippen molar-refractivity contribution in [3.63, 3.8) is 0 Å². The highest BCUT2D eigenvalue weighted by Crippen LogP contribution is 2.24. The molecule has 1 aliphatic heterocycles. The van der Waals surface area contributed by atoms with Crippen LogP contribution in [0.4, 0.5) is 0 Å². The fraction of sp³-hybridized carbons (Fsp3) is 0.400. The maximum Gasteiger partial charge on any atom is 0.359 e. The number of likely N-dealkylation sites (N-methyl/N-ethyl adjacent to an activating group) is 1. The molecule has 3 rings (SSSR count). The molecule has 2 aromatic rings. The van der Waals surface area contributed by atoms with Gasteiger partial charge in [-0.1, -0.05) is 6.07 Å². The normalized spacial score (nSPS) is 14.8. The zero-order valence-corrected chi connectivity index (χ0v) is 12.2. The zero-order valence-electron chi connectivity index (χ0n) is 12.2. The molecule has 110 valence electrons. The molecule has 1 aliphatic rings. The molecule has 0 bridgehead atoms. The minimum atomic E-state index is -0.362. The highest BCUT2D eigenvalue weighted by atomic mass is 16.5. The SMILES string of the molecule is CCOC(=O)c1nn(-c2ccccn2)c2c1CN(C)CC2. The molecule has 3 heterocycles. The van der Waals surface area contributed by atoms with E-state index in [9.17, 15) is 4.79 Å². The standard InChI is InChI=1S/C15H18N4O2/c1-3-21-15(20)14-11-10-18(2)9-7-12(11)19(17-14)13-6-4-5-8-16-13/h4-6,8H,3,7,9-10H2,1-2H3. The van der Waals surface area contributed by atoms with E-state index in [1.54, 1.807) is 17.8 Å². The lowest BCUT2D eigenvalue weighted by atomic mass is 10.1. The lowest BCUT2D eigenvalue weighted by Crippen LogP contribution is -2.28. The highest BCUT2D eigenvalue weighted by molar-refractivity contribution is 5.89. The largest absolute Gasteiger partial charge is 0.461 e. The summed E-state index contributed by atoms with van der Waals surface area (Å²) in [6, 6.07) is 5.66. The molecule has 0 radical (unpaired) electrons. The third-order valence-electron chi connectivity index (χ3n) is 3.58. The number of ether oxygens (including phenoxy) is 1. The number of nitrogens with zero attached hydrogens (tertiary/aromatic N) is 4. The molecule has 0 aromatic carbocycles.